The van der Waals surface area contributed by atoms with Gasteiger partial charge in [0, 0.05) is 19.6 Å². The van der Waals surface area contributed by atoms with Crippen LogP contribution in [0.2, 0.25) is 0 Å². The van der Waals surface area contributed by atoms with Crippen LogP contribution in [0, 0.1) is 17.8 Å². The second-order valence-electron chi connectivity index (χ2n) is 6.24. The Hall–Kier alpha value is -1.55. The molecule has 1 aromatic carbocycles. The molecular formula is C17H24N2O2. The fraction of sp³-hybridized carbons (Fsp3) is 0.588. The molecule has 0 aliphatic heterocycles. The topological polar surface area (TPSA) is 50.4 Å². The Bertz CT molecular complexity index is 503. The van der Waals surface area contributed by atoms with Crippen molar-refractivity contribution in [3.8, 4) is 0 Å². The molecule has 2 aliphatic rings. The Labute approximate surface area is 126 Å². The number of amides is 1. The molecule has 2 fully saturated rings. The number of ether oxygens (including phenoxy) is 1. The van der Waals surface area contributed by atoms with E-state index >= 15 is 0 Å². The summed E-state index contributed by atoms with van der Waals surface area (Å²) in [4.78, 5) is 12.5. The van der Waals surface area contributed by atoms with Gasteiger partial charge in [-0.2, -0.15) is 0 Å². The van der Waals surface area contributed by atoms with Gasteiger partial charge < -0.3 is 15.4 Å². The molecule has 4 heteroatoms. The molecule has 2 saturated carbocycles. The van der Waals surface area contributed by atoms with Gasteiger partial charge in [-0.05, 0) is 43.2 Å². The highest BCUT2D eigenvalue weighted by atomic mass is 16.5. The van der Waals surface area contributed by atoms with E-state index in [1.54, 1.807) is 7.11 Å². The van der Waals surface area contributed by atoms with E-state index in [2.05, 4.69) is 10.6 Å². The summed E-state index contributed by atoms with van der Waals surface area (Å²) in [6.07, 6.45) is 4.89. The first-order valence-electron chi connectivity index (χ1n) is 7.90. The third-order valence-electron chi connectivity index (χ3n) is 4.88. The summed E-state index contributed by atoms with van der Waals surface area (Å²) in [7, 11) is 1.69. The molecule has 0 unspecified atom stereocenters. The van der Waals surface area contributed by atoms with E-state index in [0.29, 0.717) is 12.5 Å². The van der Waals surface area contributed by atoms with E-state index in [4.69, 9.17) is 4.74 Å². The normalized spacial score (nSPS) is 26.8. The molecule has 1 aromatic rings. The molecule has 4 nitrogen and oxygen atoms in total. The molecule has 0 heterocycles. The highest BCUT2D eigenvalue weighted by Crippen LogP contribution is 2.48. The van der Waals surface area contributed by atoms with Gasteiger partial charge in [-0.15, -0.1) is 0 Å². The van der Waals surface area contributed by atoms with Crippen LogP contribution >= 0.6 is 0 Å². The van der Waals surface area contributed by atoms with Crippen molar-refractivity contribution in [1.82, 2.24) is 0 Å². The quantitative estimate of drug-likeness (QED) is 0.791. The number of nitrogens with one attached hydrogen (secondary N) is 2. The number of carbonyl (C=O) groups excluding carboxylic acids is 1. The first-order chi connectivity index (χ1) is 10.3. The Kier molecular flexibility index (Phi) is 4.44. The standard InChI is InChI=1S/C17H24N2O2/c1-21-9-8-18-15-4-2-3-5-16(15)19-17(20)14-11-12-6-7-13(14)10-12/h2-5,12-14,18H,6-11H2,1H3,(H,19,20)/t12-,13-,14-/m0/s1. The zero-order chi connectivity index (χ0) is 14.7. The van der Waals surface area contributed by atoms with Gasteiger partial charge in [-0.1, -0.05) is 18.6 Å². The number of methoxy groups -OCH3 is 1. The number of fused-ring (bicyclic) bond motifs is 2. The van der Waals surface area contributed by atoms with Crippen molar-refractivity contribution in [2.45, 2.75) is 25.7 Å². The van der Waals surface area contributed by atoms with Gasteiger partial charge in [0.25, 0.3) is 0 Å². The van der Waals surface area contributed by atoms with Crippen molar-refractivity contribution < 1.29 is 9.53 Å². The lowest BCUT2D eigenvalue weighted by Crippen LogP contribution is -2.27. The van der Waals surface area contributed by atoms with Crippen LogP contribution in [0.5, 0.6) is 0 Å². The van der Waals surface area contributed by atoms with Gasteiger partial charge in [0.15, 0.2) is 0 Å². The maximum absolute atomic E-state index is 12.5. The van der Waals surface area contributed by atoms with Crippen molar-refractivity contribution in [1.29, 1.82) is 0 Å². The maximum atomic E-state index is 12.5. The average Bonchev–Trinajstić information content (AvgIpc) is 3.12. The van der Waals surface area contributed by atoms with E-state index in [9.17, 15) is 4.79 Å². The summed E-state index contributed by atoms with van der Waals surface area (Å²) in [5.41, 5.74) is 1.84. The summed E-state index contributed by atoms with van der Waals surface area (Å²) < 4.78 is 5.05. The second-order valence-corrected chi connectivity index (χ2v) is 6.24. The molecule has 0 spiro atoms. The fourth-order valence-electron chi connectivity index (χ4n) is 3.83. The molecule has 0 aromatic heterocycles. The smallest absolute Gasteiger partial charge is 0.227 e. The first-order valence-corrected chi connectivity index (χ1v) is 7.90. The summed E-state index contributed by atoms with van der Waals surface area (Å²) in [5.74, 6) is 1.82. The SMILES string of the molecule is COCCNc1ccccc1NC(=O)[C@H]1C[C@H]2CC[C@H]1C2. The zero-order valence-electron chi connectivity index (χ0n) is 12.6. The van der Waals surface area contributed by atoms with Crippen molar-refractivity contribution in [2.75, 3.05) is 30.9 Å². The molecule has 3 atom stereocenters. The number of anilines is 2. The number of hydrogen-bond acceptors (Lipinski definition) is 3. The lowest BCUT2D eigenvalue weighted by Gasteiger charge is -2.21. The van der Waals surface area contributed by atoms with Gasteiger partial charge in [-0.25, -0.2) is 0 Å². The van der Waals surface area contributed by atoms with E-state index < -0.39 is 0 Å². The summed E-state index contributed by atoms with van der Waals surface area (Å²) in [5, 5.41) is 6.43. The lowest BCUT2D eigenvalue weighted by molar-refractivity contribution is -0.121. The predicted octanol–water partition coefficient (Wildman–Crippen LogP) is 3.12. The number of benzene rings is 1. The van der Waals surface area contributed by atoms with E-state index in [1.807, 2.05) is 24.3 Å². The van der Waals surface area contributed by atoms with Crippen molar-refractivity contribution in [3.05, 3.63) is 24.3 Å². The maximum Gasteiger partial charge on any atom is 0.227 e. The fourth-order valence-corrected chi connectivity index (χ4v) is 3.83. The van der Waals surface area contributed by atoms with Crippen molar-refractivity contribution in [2.24, 2.45) is 17.8 Å². The monoisotopic (exact) mass is 288 g/mol. The molecule has 0 saturated heterocycles. The van der Waals surface area contributed by atoms with Gasteiger partial charge >= 0.3 is 0 Å². The average molecular weight is 288 g/mol. The van der Waals surface area contributed by atoms with Gasteiger partial charge in [0.1, 0.15) is 0 Å². The van der Waals surface area contributed by atoms with Crippen LogP contribution in [0.1, 0.15) is 25.7 Å². The highest BCUT2D eigenvalue weighted by molar-refractivity contribution is 5.96. The molecule has 2 N–H and O–H groups in total. The van der Waals surface area contributed by atoms with Crippen LogP contribution in [0.15, 0.2) is 24.3 Å². The van der Waals surface area contributed by atoms with Gasteiger partial charge in [0.2, 0.25) is 5.91 Å². The highest BCUT2D eigenvalue weighted by Gasteiger charge is 2.43. The van der Waals surface area contributed by atoms with E-state index in [1.165, 1.54) is 19.3 Å². The third-order valence-corrected chi connectivity index (χ3v) is 4.88. The Morgan fingerprint density at radius 3 is 2.71 bits per heavy atom. The van der Waals surface area contributed by atoms with Crippen molar-refractivity contribution in [3.63, 3.8) is 0 Å². The van der Waals surface area contributed by atoms with Gasteiger partial charge in [-0.3, -0.25) is 4.79 Å². The lowest BCUT2D eigenvalue weighted by atomic mass is 9.88. The Morgan fingerprint density at radius 1 is 1.24 bits per heavy atom. The van der Waals surface area contributed by atoms with Crippen molar-refractivity contribution >= 4 is 17.3 Å². The number of rotatable bonds is 6. The molecule has 3 rings (SSSR count). The van der Waals surface area contributed by atoms with Crippen LogP contribution in [0.4, 0.5) is 11.4 Å². The number of para-hydroxylation sites is 2. The molecule has 2 bridgehead atoms. The number of hydrogen-bond donors (Lipinski definition) is 2. The molecule has 1 amide bonds. The minimum absolute atomic E-state index is 0.197. The van der Waals surface area contributed by atoms with Crippen LogP contribution < -0.4 is 10.6 Å². The molecule has 21 heavy (non-hydrogen) atoms. The summed E-state index contributed by atoms with van der Waals surface area (Å²) >= 11 is 0. The van der Waals surface area contributed by atoms with Crippen LogP contribution in [0.3, 0.4) is 0 Å². The summed E-state index contributed by atoms with van der Waals surface area (Å²) in [6, 6.07) is 7.88. The largest absolute Gasteiger partial charge is 0.383 e. The minimum Gasteiger partial charge on any atom is -0.383 e. The third kappa shape index (κ3) is 3.21. The van der Waals surface area contributed by atoms with Crippen LogP contribution in [0.25, 0.3) is 0 Å². The molecule has 114 valence electrons. The van der Waals surface area contributed by atoms with E-state index in [-0.39, 0.29) is 11.8 Å². The van der Waals surface area contributed by atoms with Gasteiger partial charge in [0.05, 0.1) is 18.0 Å². The molecule has 0 radical (unpaired) electrons. The van der Waals surface area contributed by atoms with E-state index in [0.717, 1.165) is 30.3 Å². The minimum atomic E-state index is 0.197. The Balaban J connectivity index is 1.62. The van der Waals surface area contributed by atoms with Crippen LogP contribution in [-0.2, 0) is 9.53 Å². The molecular weight excluding hydrogens is 264 g/mol. The number of carbonyl (C=O) groups is 1. The second kappa shape index (κ2) is 6.48. The molecule has 2 aliphatic carbocycles. The predicted molar refractivity (Wildman–Crippen MR) is 84.4 cm³/mol. The Morgan fingerprint density at radius 2 is 2.05 bits per heavy atom. The van der Waals surface area contributed by atoms with Crippen LogP contribution in [-0.4, -0.2) is 26.2 Å². The first kappa shape index (κ1) is 14.4. The summed E-state index contributed by atoms with van der Waals surface area (Å²) in [6.45, 7) is 1.38. The zero-order valence-corrected chi connectivity index (χ0v) is 12.6.